The zero-order valence-electron chi connectivity index (χ0n) is 4.58. The molecule has 2 atom stereocenters. The van der Waals surface area contributed by atoms with E-state index in [1.807, 2.05) is 0 Å². The maximum Gasteiger partial charge on any atom is 0.0799 e. The Bertz CT molecular complexity index is 66.1. The summed E-state index contributed by atoms with van der Waals surface area (Å²) in [6.45, 7) is 0.744. The van der Waals surface area contributed by atoms with E-state index in [9.17, 15) is 0 Å². The Hall–Kier alpha value is -0.120. The SMILES string of the molecule is OC1COC[C@@H](O)C1. The summed E-state index contributed by atoms with van der Waals surface area (Å²) in [4.78, 5) is 0. The third-order valence-corrected chi connectivity index (χ3v) is 1.16. The number of aliphatic hydroxyl groups excluding tert-OH is 2. The Morgan fingerprint density at radius 1 is 1.12 bits per heavy atom. The fraction of sp³-hybridized carbons (Fsp3) is 1.00. The van der Waals surface area contributed by atoms with E-state index >= 15 is 0 Å². The first-order valence-corrected chi connectivity index (χ1v) is 2.73. The lowest BCUT2D eigenvalue weighted by Gasteiger charge is -2.21. The molecule has 0 spiro atoms. The summed E-state index contributed by atoms with van der Waals surface area (Å²) in [6.07, 6.45) is -0.461. The lowest BCUT2D eigenvalue weighted by molar-refractivity contribution is -0.0714. The number of hydrogen-bond acceptors (Lipinski definition) is 3. The van der Waals surface area contributed by atoms with E-state index < -0.39 is 12.2 Å². The number of aliphatic hydroxyl groups is 2. The summed E-state index contributed by atoms with van der Waals surface area (Å²) in [5.74, 6) is 0. The number of ether oxygens (including phenoxy) is 1. The van der Waals surface area contributed by atoms with Crippen molar-refractivity contribution in [3.63, 3.8) is 0 Å². The van der Waals surface area contributed by atoms with Crippen molar-refractivity contribution in [1.82, 2.24) is 0 Å². The molecule has 0 aromatic carbocycles. The van der Waals surface area contributed by atoms with E-state index in [0.717, 1.165) is 0 Å². The van der Waals surface area contributed by atoms with Gasteiger partial charge in [-0.25, -0.2) is 0 Å². The van der Waals surface area contributed by atoms with Crippen molar-refractivity contribution in [1.29, 1.82) is 0 Å². The summed E-state index contributed by atoms with van der Waals surface area (Å²) in [5.41, 5.74) is 0. The van der Waals surface area contributed by atoms with Gasteiger partial charge < -0.3 is 14.9 Å². The summed E-state index contributed by atoms with van der Waals surface area (Å²) in [6, 6.07) is 0. The predicted molar refractivity (Wildman–Crippen MR) is 27.4 cm³/mol. The first kappa shape index (κ1) is 6.01. The first-order valence-electron chi connectivity index (χ1n) is 2.73. The third kappa shape index (κ3) is 1.43. The normalized spacial score (nSPS) is 39.8. The number of hydrogen-bond donors (Lipinski definition) is 2. The highest BCUT2D eigenvalue weighted by Gasteiger charge is 2.17. The zero-order chi connectivity index (χ0) is 5.98. The van der Waals surface area contributed by atoms with Crippen LogP contribution in [0.5, 0.6) is 0 Å². The average molecular weight is 118 g/mol. The summed E-state index contributed by atoms with van der Waals surface area (Å²) in [7, 11) is 0. The van der Waals surface area contributed by atoms with E-state index in [4.69, 9.17) is 14.9 Å². The molecule has 0 aromatic rings. The topological polar surface area (TPSA) is 49.7 Å². The minimum absolute atomic E-state index is 0.372. The van der Waals surface area contributed by atoms with Gasteiger partial charge in [-0.1, -0.05) is 0 Å². The lowest BCUT2D eigenvalue weighted by Crippen LogP contribution is -2.32. The van der Waals surface area contributed by atoms with Crippen molar-refractivity contribution in [2.75, 3.05) is 13.2 Å². The van der Waals surface area contributed by atoms with Gasteiger partial charge in [-0.05, 0) is 0 Å². The predicted octanol–water partition coefficient (Wildman–Crippen LogP) is -0.872. The van der Waals surface area contributed by atoms with Crippen LogP contribution in [-0.2, 0) is 4.74 Å². The summed E-state index contributed by atoms with van der Waals surface area (Å²) < 4.78 is 4.79. The van der Waals surface area contributed by atoms with Crippen LogP contribution in [0.4, 0.5) is 0 Å². The number of rotatable bonds is 0. The molecule has 8 heavy (non-hydrogen) atoms. The highest BCUT2D eigenvalue weighted by molar-refractivity contribution is 4.66. The highest BCUT2D eigenvalue weighted by atomic mass is 16.5. The molecule has 1 rings (SSSR count). The molecule has 48 valence electrons. The Labute approximate surface area is 47.9 Å². The summed E-state index contributed by atoms with van der Waals surface area (Å²) >= 11 is 0. The van der Waals surface area contributed by atoms with Crippen LogP contribution in [0.25, 0.3) is 0 Å². The van der Waals surface area contributed by atoms with Crippen molar-refractivity contribution in [2.45, 2.75) is 18.6 Å². The fourth-order valence-electron chi connectivity index (χ4n) is 0.790. The van der Waals surface area contributed by atoms with Gasteiger partial charge in [0.05, 0.1) is 25.4 Å². The second kappa shape index (κ2) is 2.44. The average Bonchev–Trinajstić information content (AvgIpc) is 1.64. The van der Waals surface area contributed by atoms with Gasteiger partial charge in [-0.3, -0.25) is 0 Å². The van der Waals surface area contributed by atoms with Gasteiger partial charge in [0.1, 0.15) is 0 Å². The quantitative estimate of drug-likeness (QED) is 0.434. The van der Waals surface area contributed by atoms with Crippen LogP contribution in [0.1, 0.15) is 6.42 Å². The minimum Gasteiger partial charge on any atom is -0.391 e. The molecule has 0 radical (unpaired) electrons. The van der Waals surface area contributed by atoms with Crippen LogP contribution in [0.3, 0.4) is 0 Å². The smallest absolute Gasteiger partial charge is 0.0799 e. The minimum atomic E-state index is -0.459. The lowest BCUT2D eigenvalue weighted by atomic mass is 10.1. The third-order valence-electron chi connectivity index (χ3n) is 1.16. The van der Waals surface area contributed by atoms with Crippen LogP contribution in [-0.4, -0.2) is 35.6 Å². The fourth-order valence-corrected chi connectivity index (χ4v) is 0.790. The Morgan fingerprint density at radius 2 is 1.62 bits per heavy atom. The van der Waals surface area contributed by atoms with Gasteiger partial charge in [0, 0.05) is 6.42 Å². The Balaban J connectivity index is 2.23. The van der Waals surface area contributed by atoms with Gasteiger partial charge in [0.15, 0.2) is 0 Å². The largest absolute Gasteiger partial charge is 0.391 e. The van der Waals surface area contributed by atoms with Crippen LogP contribution in [0.15, 0.2) is 0 Å². The standard InChI is InChI=1S/C5H10O3/c6-4-1-5(7)3-8-2-4/h4-7H,1-3H2/t4-,5?/m0/s1. The van der Waals surface area contributed by atoms with Crippen molar-refractivity contribution in [2.24, 2.45) is 0 Å². The molecule has 0 amide bonds. The van der Waals surface area contributed by atoms with Gasteiger partial charge >= 0.3 is 0 Å². The molecular formula is C5H10O3. The van der Waals surface area contributed by atoms with Crippen LogP contribution >= 0.6 is 0 Å². The van der Waals surface area contributed by atoms with E-state index in [2.05, 4.69) is 0 Å². The van der Waals surface area contributed by atoms with Gasteiger partial charge in [-0.2, -0.15) is 0 Å². The van der Waals surface area contributed by atoms with Crippen LogP contribution in [0.2, 0.25) is 0 Å². The Kier molecular flexibility index (Phi) is 1.83. The molecule has 0 aromatic heterocycles. The molecule has 0 bridgehead atoms. The van der Waals surface area contributed by atoms with Crippen LogP contribution < -0.4 is 0 Å². The molecule has 1 heterocycles. The molecular weight excluding hydrogens is 108 g/mol. The molecule has 2 N–H and O–H groups in total. The zero-order valence-corrected chi connectivity index (χ0v) is 4.58. The van der Waals surface area contributed by atoms with Crippen molar-refractivity contribution in [3.05, 3.63) is 0 Å². The summed E-state index contributed by atoms with van der Waals surface area (Å²) in [5, 5.41) is 17.6. The molecule has 1 unspecified atom stereocenters. The molecule has 0 saturated carbocycles. The monoisotopic (exact) mass is 118 g/mol. The molecule has 3 nitrogen and oxygen atoms in total. The first-order chi connectivity index (χ1) is 3.79. The molecule has 0 aliphatic carbocycles. The molecule has 1 aliphatic heterocycles. The van der Waals surface area contributed by atoms with Crippen LogP contribution in [0, 0.1) is 0 Å². The van der Waals surface area contributed by atoms with E-state index in [1.54, 1.807) is 0 Å². The van der Waals surface area contributed by atoms with Crippen molar-refractivity contribution >= 4 is 0 Å². The van der Waals surface area contributed by atoms with E-state index in [1.165, 1.54) is 0 Å². The van der Waals surface area contributed by atoms with Gasteiger partial charge in [0.25, 0.3) is 0 Å². The Morgan fingerprint density at radius 3 is 1.88 bits per heavy atom. The maximum absolute atomic E-state index is 8.79. The highest BCUT2D eigenvalue weighted by Crippen LogP contribution is 2.05. The molecule has 3 heteroatoms. The van der Waals surface area contributed by atoms with Gasteiger partial charge in [0.2, 0.25) is 0 Å². The van der Waals surface area contributed by atoms with Gasteiger partial charge in [-0.15, -0.1) is 0 Å². The van der Waals surface area contributed by atoms with Crippen molar-refractivity contribution < 1.29 is 14.9 Å². The maximum atomic E-state index is 8.79. The molecule has 1 fully saturated rings. The molecule has 1 aliphatic rings. The second-order valence-electron chi connectivity index (χ2n) is 2.08. The molecule has 1 saturated heterocycles. The van der Waals surface area contributed by atoms with Crippen molar-refractivity contribution in [3.8, 4) is 0 Å². The van der Waals surface area contributed by atoms with E-state index in [-0.39, 0.29) is 0 Å². The van der Waals surface area contributed by atoms with E-state index in [0.29, 0.717) is 19.6 Å². The second-order valence-corrected chi connectivity index (χ2v) is 2.08.